The van der Waals surface area contributed by atoms with E-state index >= 15 is 0 Å². The van der Waals surface area contributed by atoms with Gasteiger partial charge in [-0.2, -0.15) is 0 Å². The predicted molar refractivity (Wildman–Crippen MR) is 109 cm³/mol. The lowest BCUT2D eigenvalue weighted by Crippen LogP contribution is -2.50. The van der Waals surface area contributed by atoms with Crippen molar-refractivity contribution >= 4 is 27.3 Å². The maximum absolute atomic E-state index is 11.6. The first-order valence-corrected chi connectivity index (χ1v) is 11.6. The first-order chi connectivity index (χ1) is 13.3. The molecule has 0 unspecified atom stereocenters. The number of nitrogen functional groups attached to an aromatic ring is 1. The van der Waals surface area contributed by atoms with Crippen LogP contribution in [0.2, 0.25) is 0 Å². The molecular formula is C19H30N4O4S. The van der Waals surface area contributed by atoms with Crippen LogP contribution >= 0.6 is 0 Å². The Morgan fingerprint density at radius 2 is 1.79 bits per heavy atom. The van der Waals surface area contributed by atoms with E-state index in [4.69, 9.17) is 10.5 Å². The molecule has 1 aromatic carbocycles. The molecule has 8 nitrogen and oxygen atoms in total. The van der Waals surface area contributed by atoms with Gasteiger partial charge in [-0.05, 0) is 43.9 Å². The van der Waals surface area contributed by atoms with Crippen LogP contribution < -0.4 is 11.1 Å². The standard InChI is InChI=1S/C19H30N4O4S/c1-27-19(24)23-11-7-15(8-12-23)22-9-5-14(6-10-22)21-18-4-3-16(13-17(18)20)28(2,25)26/h3-4,13-15,21H,5-12,20H2,1-2H3. The number of hydrogen-bond donors (Lipinski definition) is 2. The third kappa shape index (κ3) is 4.88. The van der Waals surface area contributed by atoms with Gasteiger partial charge in [0.2, 0.25) is 0 Å². The molecule has 1 amide bonds. The van der Waals surface area contributed by atoms with E-state index in [9.17, 15) is 13.2 Å². The number of piperidine rings is 2. The summed E-state index contributed by atoms with van der Waals surface area (Å²) in [6.07, 6.45) is 4.91. The monoisotopic (exact) mass is 410 g/mol. The van der Waals surface area contributed by atoms with Crippen LogP contribution in [0.25, 0.3) is 0 Å². The summed E-state index contributed by atoms with van der Waals surface area (Å²) in [5.74, 6) is 0. The Morgan fingerprint density at radius 3 is 2.32 bits per heavy atom. The topological polar surface area (TPSA) is 105 Å². The average Bonchev–Trinajstić information content (AvgIpc) is 2.69. The minimum absolute atomic E-state index is 0.235. The number of ether oxygens (including phenoxy) is 1. The van der Waals surface area contributed by atoms with Crippen molar-refractivity contribution in [3.05, 3.63) is 18.2 Å². The third-order valence-corrected chi connectivity index (χ3v) is 6.86. The third-order valence-electron chi connectivity index (χ3n) is 5.75. The number of benzene rings is 1. The molecule has 0 saturated carbocycles. The number of amides is 1. The number of carbonyl (C=O) groups is 1. The van der Waals surface area contributed by atoms with Gasteiger partial charge in [-0.25, -0.2) is 13.2 Å². The minimum atomic E-state index is -3.25. The molecule has 1 aromatic rings. The van der Waals surface area contributed by atoms with E-state index in [0.717, 1.165) is 57.5 Å². The molecular weight excluding hydrogens is 380 g/mol. The van der Waals surface area contributed by atoms with E-state index in [0.29, 0.717) is 17.8 Å². The molecule has 9 heteroatoms. The van der Waals surface area contributed by atoms with Crippen LogP contribution in [0.1, 0.15) is 25.7 Å². The molecule has 0 spiro atoms. The molecule has 156 valence electrons. The second kappa shape index (κ2) is 8.57. The van der Waals surface area contributed by atoms with E-state index in [1.807, 2.05) is 0 Å². The van der Waals surface area contributed by atoms with E-state index in [-0.39, 0.29) is 11.0 Å². The van der Waals surface area contributed by atoms with Gasteiger partial charge >= 0.3 is 6.09 Å². The van der Waals surface area contributed by atoms with Crippen molar-refractivity contribution in [1.82, 2.24) is 9.80 Å². The highest BCUT2D eigenvalue weighted by molar-refractivity contribution is 7.90. The Balaban J connectivity index is 1.49. The Bertz CT molecular complexity index is 798. The Morgan fingerprint density at radius 1 is 1.14 bits per heavy atom. The van der Waals surface area contributed by atoms with Crippen molar-refractivity contribution in [1.29, 1.82) is 0 Å². The summed E-state index contributed by atoms with van der Waals surface area (Å²) < 4.78 is 28.1. The first kappa shape index (κ1) is 20.7. The zero-order valence-corrected chi connectivity index (χ0v) is 17.4. The van der Waals surface area contributed by atoms with E-state index in [1.54, 1.807) is 17.0 Å². The minimum Gasteiger partial charge on any atom is -0.453 e. The van der Waals surface area contributed by atoms with Crippen molar-refractivity contribution in [2.24, 2.45) is 0 Å². The second-order valence-corrected chi connectivity index (χ2v) is 9.68. The number of rotatable bonds is 4. The maximum atomic E-state index is 11.6. The number of hydrogen-bond acceptors (Lipinski definition) is 7. The molecule has 3 rings (SSSR count). The van der Waals surface area contributed by atoms with Gasteiger partial charge in [0.1, 0.15) is 0 Å². The molecule has 2 saturated heterocycles. The van der Waals surface area contributed by atoms with Crippen LogP contribution in [0, 0.1) is 0 Å². The molecule has 2 aliphatic heterocycles. The fourth-order valence-corrected chi connectivity index (χ4v) is 4.73. The number of likely N-dealkylation sites (tertiary alicyclic amines) is 2. The van der Waals surface area contributed by atoms with E-state index in [1.165, 1.54) is 19.4 Å². The number of nitrogens with one attached hydrogen (secondary N) is 1. The van der Waals surface area contributed by atoms with Crippen LogP contribution in [-0.2, 0) is 14.6 Å². The molecule has 0 aliphatic carbocycles. The zero-order valence-electron chi connectivity index (χ0n) is 16.6. The molecule has 0 radical (unpaired) electrons. The maximum Gasteiger partial charge on any atom is 0.409 e. The average molecular weight is 411 g/mol. The Kier molecular flexibility index (Phi) is 6.34. The van der Waals surface area contributed by atoms with Crippen molar-refractivity contribution in [3.63, 3.8) is 0 Å². The Labute approximate surface area is 166 Å². The van der Waals surface area contributed by atoms with Gasteiger partial charge in [-0.15, -0.1) is 0 Å². The lowest BCUT2D eigenvalue weighted by atomic mass is 9.97. The number of nitrogens with two attached hydrogens (primary N) is 1. The van der Waals surface area contributed by atoms with Crippen molar-refractivity contribution in [2.45, 2.75) is 42.7 Å². The summed E-state index contributed by atoms with van der Waals surface area (Å²) in [5, 5.41) is 3.46. The summed E-state index contributed by atoms with van der Waals surface area (Å²) in [6, 6.07) is 5.69. The SMILES string of the molecule is COC(=O)N1CCC(N2CCC(Nc3ccc(S(C)(=O)=O)cc3N)CC2)CC1. The van der Waals surface area contributed by atoms with E-state index < -0.39 is 9.84 Å². The van der Waals surface area contributed by atoms with Crippen molar-refractivity contribution in [2.75, 3.05) is 50.6 Å². The quantitative estimate of drug-likeness (QED) is 0.729. The van der Waals surface area contributed by atoms with Crippen LogP contribution in [0.15, 0.2) is 23.1 Å². The molecule has 0 atom stereocenters. The lowest BCUT2D eigenvalue weighted by Gasteiger charge is -2.41. The van der Waals surface area contributed by atoms with Gasteiger partial charge in [0.25, 0.3) is 0 Å². The smallest absolute Gasteiger partial charge is 0.409 e. The zero-order chi connectivity index (χ0) is 20.3. The summed E-state index contributed by atoms with van der Waals surface area (Å²) in [6.45, 7) is 3.50. The highest BCUT2D eigenvalue weighted by atomic mass is 32.2. The van der Waals surface area contributed by atoms with Crippen molar-refractivity contribution in [3.8, 4) is 0 Å². The fourth-order valence-electron chi connectivity index (χ4n) is 4.07. The van der Waals surface area contributed by atoms with Gasteiger partial charge in [0.15, 0.2) is 9.84 Å². The van der Waals surface area contributed by atoms with Gasteiger partial charge in [-0.1, -0.05) is 0 Å². The number of carbonyl (C=O) groups excluding carboxylic acids is 1. The molecule has 2 aliphatic rings. The van der Waals surface area contributed by atoms with Crippen LogP contribution in [0.4, 0.5) is 16.2 Å². The van der Waals surface area contributed by atoms with Crippen LogP contribution in [-0.4, -0.2) is 75.9 Å². The summed E-state index contributed by atoms with van der Waals surface area (Å²) in [5.41, 5.74) is 7.30. The fraction of sp³-hybridized carbons (Fsp3) is 0.632. The van der Waals surface area contributed by atoms with Gasteiger partial charge < -0.3 is 25.6 Å². The largest absolute Gasteiger partial charge is 0.453 e. The van der Waals surface area contributed by atoms with Crippen LogP contribution in [0.5, 0.6) is 0 Å². The number of anilines is 2. The van der Waals surface area contributed by atoms with E-state index in [2.05, 4.69) is 10.2 Å². The molecule has 3 N–H and O–H groups in total. The highest BCUT2D eigenvalue weighted by Gasteiger charge is 2.30. The predicted octanol–water partition coefficient (Wildman–Crippen LogP) is 1.78. The summed E-state index contributed by atoms with van der Waals surface area (Å²) in [7, 11) is -1.83. The van der Waals surface area contributed by atoms with Gasteiger partial charge in [0.05, 0.1) is 23.4 Å². The second-order valence-electron chi connectivity index (χ2n) is 7.66. The summed E-state index contributed by atoms with van der Waals surface area (Å²) >= 11 is 0. The molecule has 0 bridgehead atoms. The molecule has 2 fully saturated rings. The molecule has 28 heavy (non-hydrogen) atoms. The number of nitrogens with zero attached hydrogens (tertiary/aromatic N) is 2. The highest BCUT2D eigenvalue weighted by Crippen LogP contribution is 2.27. The Hall–Kier alpha value is -2.00. The lowest BCUT2D eigenvalue weighted by molar-refractivity contribution is 0.0747. The number of methoxy groups -OCH3 is 1. The molecule has 0 aromatic heterocycles. The van der Waals surface area contributed by atoms with Gasteiger partial charge in [0, 0.05) is 44.5 Å². The normalized spacial score (nSPS) is 20.1. The molecule has 2 heterocycles. The first-order valence-electron chi connectivity index (χ1n) is 9.71. The van der Waals surface area contributed by atoms with Gasteiger partial charge in [-0.3, -0.25) is 0 Å². The van der Waals surface area contributed by atoms with Crippen LogP contribution in [0.3, 0.4) is 0 Å². The van der Waals surface area contributed by atoms with Crippen molar-refractivity contribution < 1.29 is 17.9 Å². The number of sulfone groups is 1. The summed E-state index contributed by atoms with van der Waals surface area (Å²) in [4.78, 5) is 16.1.